The van der Waals surface area contributed by atoms with Crippen molar-refractivity contribution in [2.75, 3.05) is 72.7 Å². The second kappa shape index (κ2) is 14.4. The summed E-state index contributed by atoms with van der Waals surface area (Å²) in [5.41, 5.74) is 3.10. The highest BCUT2D eigenvalue weighted by atomic mass is 35.5. The monoisotopic (exact) mass is 654 g/mol. The lowest BCUT2D eigenvalue weighted by molar-refractivity contribution is -0.111. The highest BCUT2D eigenvalue weighted by Gasteiger charge is 2.19. The number of nitrogens with zero attached hydrogens (tertiary/aromatic N) is 6. The Bertz CT molecular complexity index is 1820. The van der Waals surface area contributed by atoms with E-state index < -0.39 is 10.0 Å². The van der Waals surface area contributed by atoms with Gasteiger partial charge in [0.05, 0.1) is 53.0 Å². The third kappa shape index (κ3) is 8.26. The SMILES string of the molecule is C=CC(=O)Nc1cc(Nc2ncc(Cl)c(Nc3ccc4nccnc4c3NS(=O)(=O)CC)n2)c(OC)cc1N(C)CCN(C)C. The molecule has 0 fully saturated rings. The number of aromatic nitrogens is 4. The molecule has 0 spiro atoms. The first-order chi connectivity index (χ1) is 21.4. The number of fused-ring (bicyclic) bond motifs is 1. The smallest absolute Gasteiger partial charge is 0.247 e. The molecule has 0 aliphatic rings. The number of rotatable bonds is 14. The summed E-state index contributed by atoms with van der Waals surface area (Å²) in [6.07, 6.45) is 5.57. The lowest BCUT2D eigenvalue weighted by Gasteiger charge is -2.26. The van der Waals surface area contributed by atoms with Crippen LogP contribution in [0.5, 0.6) is 5.75 Å². The molecule has 0 saturated carbocycles. The van der Waals surface area contributed by atoms with Crippen LogP contribution < -0.4 is 30.3 Å². The Morgan fingerprint density at radius 1 is 1.04 bits per heavy atom. The number of likely N-dealkylation sites (N-methyl/N-ethyl adjacent to an activating group) is 2. The Labute approximate surface area is 266 Å². The molecular weight excluding hydrogens is 620 g/mol. The number of carbonyl (C=O) groups is 1. The number of amides is 1. The number of methoxy groups -OCH3 is 1. The standard InChI is InChI=1S/C29H35ClN10O4S/c1-7-25(41)34-21-15-22(24(44-6)16-23(21)40(5)14-13-39(3)4)36-29-33-17-18(30)28(37-29)35-20-10-9-19-26(32-12-11-31-19)27(20)38-45(42,43)8-2/h7,9-12,15-17,38H,1,8,13-14H2,2-6H3,(H,34,41)(H2,33,35,36,37). The van der Waals surface area contributed by atoms with Crippen LogP contribution in [-0.2, 0) is 14.8 Å². The number of nitrogens with one attached hydrogen (secondary N) is 4. The minimum absolute atomic E-state index is 0.145. The Kier molecular flexibility index (Phi) is 10.6. The number of benzene rings is 2. The molecule has 14 nitrogen and oxygen atoms in total. The topological polar surface area (TPSA) is 167 Å². The van der Waals surface area contributed by atoms with Crippen LogP contribution in [0, 0.1) is 0 Å². The lowest BCUT2D eigenvalue weighted by Crippen LogP contribution is -2.29. The van der Waals surface area contributed by atoms with Crippen molar-refractivity contribution in [2.24, 2.45) is 0 Å². The molecule has 2 heterocycles. The third-order valence-corrected chi connectivity index (χ3v) is 8.13. The largest absolute Gasteiger partial charge is 0.494 e. The van der Waals surface area contributed by atoms with Gasteiger partial charge in [-0.1, -0.05) is 18.2 Å². The minimum atomic E-state index is -3.67. The first-order valence-corrected chi connectivity index (χ1v) is 15.8. The second-order valence-corrected chi connectivity index (χ2v) is 12.5. The van der Waals surface area contributed by atoms with E-state index in [1.807, 2.05) is 26.0 Å². The summed E-state index contributed by atoms with van der Waals surface area (Å²) in [6, 6.07) is 6.86. The molecule has 0 bridgehead atoms. The minimum Gasteiger partial charge on any atom is -0.494 e. The normalized spacial score (nSPS) is 11.3. The molecular formula is C29H35ClN10O4S. The first kappa shape index (κ1) is 33.2. The molecule has 0 radical (unpaired) electrons. The van der Waals surface area contributed by atoms with Crippen LogP contribution >= 0.6 is 11.6 Å². The zero-order valence-corrected chi connectivity index (χ0v) is 27.1. The van der Waals surface area contributed by atoms with Crippen LogP contribution in [0.4, 0.5) is 40.2 Å². The number of sulfonamides is 1. The predicted molar refractivity (Wildman–Crippen MR) is 180 cm³/mol. The molecule has 0 aliphatic carbocycles. The summed E-state index contributed by atoms with van der Waals surface area (Å²) < 4.78 is 33.4. The Morgan fingerprint density at radius 2 is 1.80 bits per heavy atom. The van der Waals surface area contributed by atoms with Gasteiger partial charge in [0.1, 0.15) is 16.3 Å². The van der Waals surface area contributed by atoms with Gasteiger partial charge in [-0.3, -0.25) is 19.5 Å². The van der Waals surface area contributed by atoms with Gasteiger partial charge in [0.25, 0.3) is 0 Å². The number of ether oxygens (including phenoxy) is 1. The maximum atomic E-state index is 12.6. The highest BCUT2D eigenvalue weighted by Crippen LogP contribution is 2.39. The van der Waals surface area contributed by atoms with E-state index in [4.69, 9.17) is 16.3 Å². The van der Waals surface area contributed by atoms with Gasteiger partial charge in [-0.15, -0.1) is 0 Å². The van der Waals surface area contributed by atoms with E-state index in [0.29, 0.717) is 40.4 Å². The van der Waals surface area contributed by atoms with E-state index in [9.17, 15) is 13.2 Å². The van der Waals surface area contributed by atoms with Crippen molar-refractivity contribution in [1.29, 1.82) is 0 Å². The molecule has 45 heavy (non-hydrogen) atoms. The van der Waals surface area contributed by atoms with E-state index >= 15 is 0 Å². The molecule has 2 aromatic heterocycles. The fourth-order valence-corrected chi connectivity index (χ4v) is 4.94. The molecule has 2 aromatic carbocycles. The Hall–Kier alpha value is -4.73. The van der Waals surface area contributed by atoms with Crippen LogP contribution in [0.1, 0.15) is 6.92 Å². The molecule has 4 N–H and O–H groups in total. The zero-order valence-electron chi connectivity index (χ0n) is 25.5. The van der Waals surface area contributed by atoms with Gasteiger partial charge < -0.3 is 30.5 Å². The summed E-state index contributed by atoms with van der Waals surface area (Å²) in [5.74, 6) is 0.278. The molecule has 4 rings (SSSR count). The van der Waals surface area contributed by atoms with Gasteiger partial charge in [0.2, 0.25) is 21.9 Å². The zero-order chi connectivity index (χ0) is 32.7. The fourth-order valence-electron chi connectivity index (χ4n) is 4.14. The number of hydrogen-bond acceptors (Lipinski definition) is 12. The van der Waals surface area contributed by atoms with Crippen LogP contribution in [0.25, 0.3) is 11.0 Å². The summed E-state index contributed by atoms with van der Waals surface area (Å²) in [5, 5.41) is 9.26. The second-order valence-electron chi connectivity index (χ2n) is 10.0. The Morgan fingerprint density at radius 3 is 2.49 bits per heavy atom. The van der Waals surface area contributed by atoms with Crippen LogP contribution in [-0.4, -0.2) is 86.3 Å². The molecule has 0 saturated heterocycles. The quantitative estimate of drug-likeness (QED) is 0.141. The van der Waals surface area contributed by atoms with Crippen LogP contribution in [0.2, 0.25) is 5.02 Å². The third-order valence-electron chi connectivity index (χ3n) is 6.58. The van der Waals surface area contributed by atoms with Crippen molar-refractivity contribution < 1.29 is 17.9 Å². The van der Waals surface area contributed by atoms with E-state index in [2.05, 4.69) is 52.1 Å². The Balaban J connectivity index is 1.72. The summed E-state index contributed by atoms with van der Waals surface area (Å²) >= 11 is 6.47. The average molecular weight is 655 g/mol. The van der Waals surface area contributed by atoms with Crippen LogP contribution in [0.15, 0.2) is 55.5 Å². The van der Waals surface area contributed by atoms with Gasteiger partial charge in [-0.2, -0.15) is 4.98 Å². The molecule has 0 aliphatic heterocycles. The van der Waals surface area contributed by atoms with Crippen molar-refractivity contribution in [2.45, 2.75) is 6.92 Å². The van der Waals surface area contributed by atoms with Crippen molar-refractivity contribution in [1.82, 2.24) is 24.8 Å². The van der Waals surface area contributed by atoms with E-state index in [0.717, 1.165) is 12.2 Å². The summed E-state index contributed by atoms with van der Waals surface area (Å²) in [7, 11) is 3.74. The van der Waals surface area contributed by atoms with Gasteiger partial charge in [0.15, 0.2) is 5.82 Å². The summed E-state index contributed by atoms with van der Waals surface area (Å²) in [4.78, 5) is 33.8. The van der Waals surface area contributed by atoms with Gasteiger partial charge in [-0.05, 0) is 45.3 Å². The fraction of sp³-hybridized carbons (Fsp3) is 0.276. The van der Waals surface area contributed by atoms with E-state index in [1.54, 1.807) is 24.3 Å². The number of anilines is 7. The molecule has 0 atom stereocenters. The van der Waals surface area contributed by atoms with Crippen LogP contribution in [0.3, 0.4) is 0 Å². The predicted octanol–water partition coefficient (Wildman–Crippen LogP) is 4.45. The van der Waals surface area contributed by atoms with E-state index in [1.165, 1.54) is 38.7 Å². The molecule has 16 heteroatoms. The number of hydrogen-bond donors (Lipinski definition) is 4. The summed E-state index contributed by atoms with van der Waals surface area (Å²) in [6.45, 7) is 6.56. The number of carbonyl (C=O) groups excluding carboxylic acids is 1. The van der Waals surface area contributed by atoms with Crippen molar-refractivity contribution >= 4 is 78.8 Å². The van der Waals surface area contributed by atoms with Gasteiger partial charge in [0, 0.05) is 38.6 Å². The molecule has 238 valence electrons. The van der Waals surface area contributed by atoms with Crippen molar-refractivity contribution in [3.8, 4) is 5.75 Å². The van der Waals surface area contributed by atoms with E-state index in [-0.39, 0.29) is 34.1 Å². The van der Waals surface area contributed by atoms with Crippen molar-refractivity contribution in [3.63, 3.8) is 0 Å². The molecule has 0 unspecified atom stereocenters. The first-order valence-electron chi connectivity index (χ1n) is 13.8. The molecule has 1 amide bonds. The molecule has 4 aromatic rings. The number of halogens is 1. The van der Waals surface area contributed by atoms with Gasteiger partial charge in [-0.25, -0.2) is 13.4 Å². The highest BCUT2D eigenvalue weighted by molar-refractivity contribution is 7.92. The average Bonchev–Trinajstić information content (AvgIpc) is 3.02. The van der Waals surface area contributed by atoms with Crippen molar-refractivity contribution in [3.05, 3.63) is 60.5 Å². The maximum absolute atomic E-state index is 12.6. The maximum Gasteiger partial charge on any atom is 0.247 e. The van der Waals surface area contributed by atoms with Gasteiger partial charge >= 0.3 is 0 Å². The lowest BCUT2D eigenvalue weighted by atomic mass is 10.2.